The van der Waals surface area contributed by atoms with Crippen molar-refractivity contribution in [1.29, 1.82) is 0 Å². The van der Waals surface area contributed by atoms with Crippen LogP contribution in [0.25, 0.3) is 0 Å². The first-order chi connectivity index (χ1) is 6.72. The Morgan fingerprint density at radius 2 is 2.14 bits per heavy atom. The van der Waals surface area contributed by atoms with Crippen LogP contribution in [0, 0.1) is 0 Å². The van der Waals surface area contributed by atoms with E-state index < -0.39 is 0 Å². The van der Waals surface area contributed by atoms with Gasteiger partial charge in [0.15, 0.2) is 0 Å². The number of amides is 1. The summed E-state index contributed by atoms with van der Waals surface area (Å²) in [6.45, 7) is 0.485. The van der Waals surface area contributed by atoms with E-state index in [4.69, 9.17) is 4.74 Å². The molecule has 14 heavy (non-hydrogen) atoms. The summed E-state index contributed by atoms with van der Waals surface area (Å²) in [5, 5.41) is 12.2. The van der Waals surface area contributed by atoms with Crippen molar-refractivity contribution in [3.05, 3.63) is 0 Å². The molecule has 1 amide bonds. The first-order valence-electron chi connectivity index (χ1n) is 5.13. The van der Waals surface area contributed by atoms with Gasteiger partial charge >= 0.3 is 0 Å². The van der Waals surface area contributed by atoms with E-state index in [0.717, 1.165) is 25.7 Å². The van der Waals surface area contributed by atoms with E-state index in [0.29, 0.717) is 13.0 Å². The highest BCUT2D eigenvalue weighted by Crippen LogP contribution is 2.29. The number of carbonyl (C=O) groups is 1. The van der Waals surface area contributed by atoms with Crippen molar-refractivity contribution in [2.45, 2.75) is 37.6 Å². The lowest BCUT2D eigenvalue weighted by molar-refractivity contribution is -0.124. The molecule has 1 fully saturated rings. The molecule has 0 atom stereocenters. The minimum absolute atomic E-state index is 0.0252. The summed E-state index contributed by atoms with van der Waals surface area (Å²) in [7, 11) is 1.57. The minimum atomic E-state index is -0.342. The maximum absolute atomic E-state index is 11.4. The predicted molar refractivity (Wildman–Crippen MR) is 52.9 cm³/mol. The van der Waals surface area contributed by atoms with E-state index in [-0.39, 0.29) is 18.1 Å². The summed E-state index contributed by atoms with van der Waals surface area (Å²) in [6.07, 6.45) is 4.33. The third-order valence-electron chi connectivity index (χ3n) is 2.80. The van der Waals surface area contributed by atoms with Crippen molar-refractivity contribution in [3.63, 3.8) is 0 Å². The summed E-state index contributed by atoms with van der Waals surface area (Å²) < 4.78 is 4.82. The van der Waals surface area contributed by atoms with Crippen molar-refractivity contribution in [1.82, 2.24) is 5.32 Å². The number of rotatable bonds is 5. The number of aliphatic hydroxyl groups excluding tert-OH is 1. The second-order valence-electron chi connectivity index (χ2n) is 3.94. The average Bonchev–Trinajstić information content (AvgIpc) is 2.64. The lowest BCUT2D eigenvalue weighted by Gasteiger charge is -2.27. The topological polar surface area (TPSA) is 58.6 Å². The second kappa shape index (κ2) is 5.32. The quantitative estimate of drug-likeness (QED) is 0.678. The summed E-state index contributed by atoms with van der Waals surface area (Å²) >= 11 is 0. The van der Waals surface area contributed by atoms with Crippen LogP contribution in [0.15, 0.2) is 0 Å². The minimum Gasteiger partial charge on any atom is -0.394 e. The van der Waals surface area contributed by atoms with E-state index in [1.807, 2.05) is 0 Å². The van der Waals surface area contributed by atoms with Crippen LogP contribution in [-0.2, 0) is 9.53 Å². The molecular formula is C10H19NO3. The summed E-state index contributed by atoms with van der Waals surface area (Å²) in [5.41, 5.74) is -0.342. The number of hydrogen-bond donors (Lipinski definition) is 2. The fourth-order valence-electron chi connectivity index (χ4n) is 1.93. The third-order valence-corrected chi connectivity index (χ3v) is 2.80. The first-order valence-corrected chi connectivity index (χ1v) is 5.13. The van der Waals surface area contributed by atoms with Crippen LogP contribution in [0.2, 0.25) is 0 Å². The molecule has 4 heteroatoms. The molecule has 1 aliphatic carbocycles. The van der Waals surface area contributed by atoms with Crippen LogP contribution in [0.4, 0.5) is 0 Å². The number of methoxy groups -OCH3 is 1. The highest BCUT2D eigenvalue weighted by molar-refractivity contribution is 5.76. The van der Waals surface area contributed by atoms with Crippen LogP contribution in [0.3, 0.4) is 0 Å². The SMILES string of the molecule is COCCC(=O)NC1(CO)CCCC1. The van der Waals surface area contributed by atoms with Crippen LogP contribution in [0.1, 0.15) is 32.1 Å². The molecule has 0 spiro atoms. The van der Waals surface area contributed by atoms with Crippen LogP contribution in [-0.4, -0.2) is 36.9 Å². The molecule has 1 aliphatic rings. The fraction of sp³-hybridized carbons (Fsp3) is 0.900. The van der Waals surface area contributed by atoms with Crippen molar-refractivity contribution in [2.75, 3.05) is 20.3 Å². The smallest absolute Gasteiger partial charge is 0.222 e. The molecule has 0 bridgehead atoms. The van der Waals surface area contributed by atoms with Gasteiger partial charge in [-0.05, 0) is 12.8 Å². The van der Waals surface area contributed by atoms with Gasteiger partial charge in [-0.25, -0.2) is 0 Å². The maximum Gasteiger partial charge on any atom is 0.222 e. The lowest BCUT2D eigenvalue weighted by Crippen LogP contribution is -2.49. The number of ether oxygens (including phenoxy) is 1. The van der Waals surface area contributed by atoms with Crippen molar-refractivity contribution < 1.29 is 14.6 Å². The van der Waals surface area contributed by atoms with Gasteiger partial charge in [0.2, 0.25) is 5.91 Å². The van der Waals surface area contributed by atoms with E-state index in [1.165, 1.54) is 0 Å². The van der Waals surface area contributed by atoms with Crippen molar-refractivity contribution in [3.8, 4) is 0 Å². The fourth-order valence-corrected chi connectivity index (χ4v) is 1.93. The highest BCUT2D eigenvalue weighted by atomic mass is 16.5. The molecule has 4 nitrogen and oxygen atoms in total. The zero-order chi connectivity index (χ0) is 10.4. The Morgan fingerprint density at radius 1 is 1.50 bits per heavy atom. The molecule has 0 aromatic carbocycles. The van der Waals surface area contributed by atoms with Crippen LogP contribution in [0.5, 0.6) is 0 Å². The molecule has 0 aromatic heterocycles. The number of aliphatic hydroxyl groups is 1. The molecule has 0 radical (unpaired) electrons. The monoisotopic (exact) mass is 201 g/mol. The average molecular weight is 201 g/mol. The van der Waals surface area contributed by atoms with Crippen LogP contribution < -0.4 is 5.32 Å². The van der Waals surface area contributed by atoms with Gasteiger partial charge in [-0.3, -0.25) is 4.79 Å². The van der Waals surface area contributed by atoms with Gasteiger partial charge < -0.3 is 15.2 Å². The molecule has 0 aliphatic heterocycles. The summed E-state index contributed by atoms with van der Waals surface area (Å²) in [6, 6.07) is 0. The van der Waals surface area contributed by atoms with Gasteiger partial charge in [0.25, 0.3) is 0 Å². The first kappa shape index (κ1) is 11.5. The zero-order valence-corrected chi connectivity index (χ0v) is 8.71. The Labute approximate surface area is 84.6 Å². The molecule has 0 aromatic rings. The normalized spacial score (nSPS) is 19.6. The summed E-state index contributed by atoms with van der Waals surface area (Å²) in [4.78, 5) is 11.4. The second-order valence-corrected chi connectivity index (χ2v) is 3.94. The highest BCUT2D eigenvalue weighted by Gasteiger charge is 2.34. The van der Waals surface area contributed by atoms with Crippen LogP contribution >= 0.6 is 0 Å². The molecule has 0 saturated heterocycles. The number of nitrogens with one attached hydrogen (secondary N) is 1. The Morgan fingerprint density at radius 3 is 2.64 bits per heavy atom. The van der Waals surface area contributed by atoms with Gasteiger partial charge in [-0.2, -0.15) is 0 Å². The number of carbonyl (C=O) groups excluding carboxylic acids is 1. The Bertz CT molecular complexity index is 188. The molecule has 2 N–H and O–H groups in total. The summed E-state index contributed by atoms with van der Waals surface area (Å²) in [5.74, 6) is -0.0252. The van der Waals surface area contributed by atoms with E-state index in [1.54, 1.807) is 7.11 Å². The van der Waals surface area contributed by atoms with E-state index in [2.05, 4.69) is 5.32 Å². The van der Waals surface area contributed by atoms with Crippen molar-refractivity contribution in [2.24, 2.45) is 0 Å². The van der Waals surface area contributed by atoms with E-state index >= 15 is 0 Å². The van der Waals surface area contributed by atoms with Gasteiger partial charge in [-0.1, -0.05) is 12.8 Å². The molecular weight excluding hydrogens is 182 g/mol. The van der Waals surface area contributed by atoms with Gasteiger partial charge in [0, 0.05) is 13.5 Å². The molecule has 1 rings (SSSR count). The Balaban J connectivity index is 2.36. The molecule has 0 heterocycles. The van der Waals surface area contributed by atoms with Crippen molar-refractivity contribution >= 4 is 5.91 Å². The van der Waals surface area contributed by atoms with Gasteiger partial charge in [0.1, 0.15) is 0 Å². The largest absolute Gasteiger partial charge is 0.394 e. The van der Waals surface area contributed by atoms with Gasteiger partial charge in [-0.15, -0.1) is 0 Å². The maximum atomic E-state index is 11.4. The standard InChI is InChI=1S/C10H19NO3/c1-14-7-4-9(13)11-10(8-12)5-2-3-6-10/h12H,2-8H2,1H3,(H,11,13). The molecule has 82 valence electrons. The Kier molecular flexibility index (Phi) is 4.35. The lowest BCUT2D eigenvalue weighted by atomic mass is 9.99. The molecule has 0 unspecified atom stereocenters. The molecule has 1 saturated carbocycles. The predicted octanol–water partition coefficient (Wildman–Crippen LogP) is 0.444. The van der Waals surface area contributed by atoms with E-state index in [9.17, 15) is 9.90 Å². The number of hydrogen-bond acceptors (Lipinski definition) is 3. The third kappa shape index (κ3) is 2.96. The zero-order valence-electron chi connectivity index (χ0n) is 8.71. The van der Waals surface area contributed by atoms with Gasteiger partial charge in [0.05, 0.1) is 18.8 Å². The Hall–Kier alpha value is -0.610.